The number of hydrogen-bond acceptors (Lipinski definition) is 4. The van der Waals surface area contributed by atoms with Gasteiger partial charge < -0.3 is 9.15 Å². The van der Waals surface area contributed by atoms with Crippen LogP contribution in [-0.2, 0) is 9.53 Å². The molecule has 4 nitrogen and oxygen atoms in total. The Balaban J connectivity index is 1.78. The fourth-order valence-corrected chi connectivity index (χ4v) is 2.03. The fraction of sp³-hybridized carbons (Fsp3) is 0.0588. The van der Waals surface area contributed by atoms with Crippen LogP contribution in [-0.4, -0.2) is 11.9 Å². The van der Waals surface area contributed by atoms with Crippen molar-refractivity contribution in [3.8, 4) is 0 Å². The molecule has 0 N–H and O–H groups in total. The van der Waals surface area contributed by atoms with E-state index in [1.807, 2.05) is 25.1 Å². The molecule has 22 heavy (non-hydrogen) atoms. The van der Waals surface area contributed by atoms with Gasteiger partial charge in [0, 0.05) is 17.2 Å². The molecule has 0 bridgehead atoms. The molecule has 0 spiro atoms. The maximum atomic E-state index is 11.8. The number of rotatable bonds is 3. The van der Waals surface area contributed by atoms with Crippen LogP contribution in [0.5, 0.6) is 0 Å². The third kappa shape index (κ3) is 3.35. The summed E-state index contributed by atoms with van der Waals surface area (Å²) >= 11 is 5.82. The van der Waals surface area contributed by atoms with E-state index in [0.717, 1.165) is 11.3 Å². The second-order valence-corrected chi connectivity index (χ2v) is 5.14. The normalized spacial score (nSPS) is 16.4. The van der Waals surface area contributed by atoms with Crippen LogP contribution in [0, 0.1) is 6.92 Å². The predicted molar refractivity (Wildman–Crippen MR) is 85.4 cm³/mol. The van der Waals surface area contributed by atoms with E-state index in [9.17, 15) is 4.79 Å². The summed E-state index contributed by atoms with van der Waals surface area (Å²) in [6, 6.07) is 10.9. The molecule has 0 radical (unpaired) electrons. The molecule has 2 aromatic rings. The number of aliphatic imine (C=N–C) groups is 1. The van der Waals surface area contributed by atoms with E-state index in [-0.39, 0.29) is 11.6 Å². The second kappa shape index (κ2) is 6.03. The highest BCUT2D eigenvalue weighted by Gasteiger charge is 2.21. The zero-order valence-electron chi connectivity index (χ0n) is 11.7. The fourth-order valence-electron chi connectivity index (χ4n) is 1.90. The standard InChI is InChI=1S/C17H12ClNO3/c1-11-2-8-14(21-11)10-15-17(20)22-16(19-15)9-5-12-3-6-13(18)7-4-12/h2-10H,1H3/b9-5+,15-10+. The SMILES string of the molecule is Cc1ccc(/C=C2N=C(/C=C/c3ccc(Cl)cc3)OC/2=O)o1. The summed E-state index contributed by atoms with van der Waals surface area (Å²) in [7, 11) is 0. The van der Waals surface area contributed by atoms with Crippen molar-refractivity contribution in [1.82, 2.24) is 0 Å². The minimum absolute atomic E-state index is 0.213. The minimum Gasteiger partial charge on any atom is -0.462 e. The molecule has 2 heterocycles. The number of furan rings is 1. The van der Waals surface area contributed by atoms with Crippen LogP contribution in [0.3, 0.4) is 0 Å². The topological polar surface area (TPSA) is 51.8 Å². The third-order valence-electron chi connectivity index (χ3n) is 2.97. The average Bonchev–Trinajstić information content (AvgIpc) is 3.05. The van der Waals surface area contributed by atoms with Crippen LogP contribution in [0.15, 0.2) is 57.6 Å². The number of carbonyl (C=O) groups excluding carboxylic acids is 1. The third-order valence-corrected chi connectivity index (χ3v) is 3.22. The van der Waals surface area contributed by atoms with Crippen LogP contribution < -0.4 is 0 Å². The van der Waals surface area contributed by atoms with Crippen LogP contribution in [0.4, 0.5) is 0 Å². The Morgan fingerprint density at radius 2 is 1.86 bits per heavy atom. The van der Waals surface area contributed by atoms with Crippen molar-refractivity contribution in [2.45, 2.75) is 6.92 Å². The highest BCUT2D eigenvalue weighted by molar-refractivity contribution is 6.30. The number of ether oxygens (including phenoxy) is 1. The highest BCUT2D eigenvalue weighted by Crippen LogP contribution is 2.18. The van der Waals surface area contributed by atoms with Gasteiger partial charge >= 0.3 is 5.97 Å². The molecule has 1 aromatic heterocycles. The Morgan fingerprint density at radius 3 is 2.55 bits per heavy atom. The van der Waals surface area contributed by atoms with Gasteiger partial charge in [-0.2, -0.15) is 0 Å². The van der Waals surface area contributed by atoms with E-state index in [2.05, 4.69) is 4.99 Å². The first kappa shape index (κ1) is 14.4. The summed E-state index contributed by atoms with van der Waals surface area (Å²) in [4.78, 5) is 15.9. The molecule has 0 fully saturated rings. The van der Waals surface area contributed by atoms with Gasteiger partial charge in [0.05, 0.1) is 0 Å². The first-order valence-corrected chi connectivity index (χ1v) is 7.00. The summed E-state index contributed by atoms with van der Waals surface area (Å²) in [6.45, 7) is 1.83. The van der Waals surface area contributed by atoms with E-state index in [1.165, 1.54) is 0 Å². The van der Waals surface area contributed by atoms with E-state index < -0.39 is 5.97 Å². The molecule has 1 aliphatic rings. The van der Waals surface area contributed by atoms with Crippen LogP contribution in [0.25, 0.3) is 12.2 Å². The molecule has 0 saturated carbocycles. The minimum atomic E-state index is -0.496. The first-order valence-electron chi connectivity index (χ1n) is 6.63. The number of halogens is 1. The zero-order valence-corrected chi connectivity index (χ0v) is 12.5. The number of carbonyl (C=O) groups is 1. The predicted octanol–water partition coefficient (Wildman–Crippen LogP) is 4.25. The average molecular weight is 314 g/mol. The van der Waals surface area contributed by atoms with Crippen molar-refractivity contribution in [2.24, 2.45) is 4.99 Å². The largest absolute Gasteiger partial charge is 0.462 e. The van der Waals surface area contributed by atoms with Crippen LogP contribution >= 0.6 is 11.6 Å². The molecule has 110 valence electrons. The number of esters is 1. The van der Waals surface area contributed by atoms with Gasteiger partial charge in [0.2, 0.25) is 5.90 Å². The quantitative estimate of drug-likeness (QED) is 0.628. The number of hydrogen-bond donors (Lipinski definition) is 0. The van der Waals surface area contributed by atoms with E-state index >= 15 is 0 Å². The Morgan fingerprint density at radius 1 is 1.09 bits per heavy atom. The molecule has 0 aliphatic carbocycles. The van der Waals surface area contributed by atoms with Gasteiger partial charge in [-0.25, -0.2) is 9.79 Å². The molecule has 0 unspecified atom stereocenters. The lowest BCUT2D eigenvalue weighted by molar-refractivity contribution is -0.129. The number of nitrogens with zero attached hydrogens (tertiary/aromatic N) is 1. The zero-order chi connectivity index (χ0) is 15.5. The molecular formula is C17H12ClNO3. The van der Waals surface area contributed by atoms with Crippen molar-refractivity contribution in [2.75, 3.05) is 0 Å². The molecule has 0 amide bonds. The summed E-state index contributed by atoms with van der Waals surface area (Å²) in [6.07, 6.45) is 4.98. The van der Waals surface area contributed by atoms with Gasteiger partial charge in [0.1, 0.15) is 11.5 Å². The summed E-state index contributed by atoms with van der Waals surface area (Å²) in [5, 5.41) is 0.667. The Labute approximate surface area is 132 Å². The molecule has 1 aromatic carbocycles. The van der Waals surface area contributed by atoms with Crippen molar-refractivity contribution >= 4 is 35.6 Å². The number of aryl methyl sites for hydroxylation is 1. The lowest BCUT2D eigenvalue weighted by atomic mass is 10.2. The lowest BCUT2D eigenvalue weighted by Crippen LogP contribution is -2.00. The highest BCUT2D eigenvalue weighted by atomic mass is 35.5. The molecule has 1 aliphatic heterocycles. The number of benzene rings is 1. The van der Waals surface area contributed by atoms with Gasteiger partial charge in [-0.3, -0.25) is 0 Å². The Kier molecular flexibility index (Phi) is 3.94. The second-order valence-electron chi connectivity index (χ2n) is 4.70. The van der Waals surface area contributed by atoms with Gasteiger partial charge in [-0.15, -0.1) is 0 Å². The van der Waals surface area contributed by atoms with Gasteiger partial charge in [-0.1, -0.05) is 23.7 Å². The summed E-state index contributed by atoms with van der Waals surface area (Å²) < 4.78 is 10.5. The van der Waals surface area contributed by atoms with Crippen LogP contribution in [0.1, 0.15) is 17.1 Å². The first-order chi connectivity index (χ1) is 10.6. The van der Waals surface area contributed by atoms with E-state index in [4.69, 9.17) is 20.8 Å². The van der Waals surface area contributed by atoms with Crippen molar-refractivity contribution in [3.05, 3.63) is 70.3 Å². The van der Waals surface area contributed by atoms with Gasteiger partial charge in [0.15, 0.2) is 5.70 Å². The van der Waals surface area contributed by atoms with Crippen molar-refractivity contribution < 1.29 is 13.9 Å². The van der Waals surface area contributed by atoms with Gasteiger partial charge in [-0.05, 0) is 42.8 Å². The molecular weight excluding hydrogens is 302 g/mol. The maximum absolute atomic E-state index is 11.8. The van der Waals surface area contributed by atoms with Crippen molar-refractivity contribution in [1.29, 1.82) is 0 Å². The van der Waals surface area contributed by atoms with E-state index in [1.54, 1.807) is 36.4 Å². The number of cyclic esters (lactones) is 1. The van der Waals surface area contributed by atoms with Crippen molar-refractivity contribution in [3.63, 3.8) is 0 Å². The molecule has 0 atom stereocenters. The molecule has 0 saturated heterocycles. The maximum Gasteiger partial charge on any atom is 0.363 e. The summed E-state index contributed by atoms with van der Waals surface area (Å²) in [5.41, 5.74) is 1.15. The van der Waals surface area contributed by atoms with Gasteiger partial charge in [0.25, 0.3) is 0 Å². The summed E-state index contributed by atoms with van der Waals surface area (Å²) in [5.74, 6) is 1.08. The van der Waals surface area contributed by atoms with Crippen LogP contribution in [0.2, 0.25) is 5.02 Å². The smallest absolute Gasteiger partial charge is 0.363 e. The monoisotopic (exact) mass is 313 g/mol. The lowest BCUT2D eigenvalue weighted by Gasteiger charge is -1.93. The molecule has 3 rings (SSSR count). The Hall–Kier alpha value is -2.59. The molecule has 5 heteroatoms. The Bertz CT molecular complexity index is 798. The van der Waals surface area contributed by atoms with E-state index in [0.29, 0.717) is 10.8 Å².